The van der Waals surface area contributed by atoms with Gasteiger partial charge in [0.15, 0.2) is 0 Å². The van der Waals surface area contributed by atoms with E-state index in [4.69, 9.17) is 4.74 Å². The van der Waals surface area contributed by atoms with Crippen LogP contribution in [0.25, 0.3) is 11.1 Å². The van der Waals surface area contributed by atoms with Crippen molar-refractivity contribution in [3.63, 3.8) is 0 Å². The Balaban J connectivity index is 1.25. The zero-order valence-electron chi connectivity index (χ0n) is 18.4. The number of nitrogens with one attached hydrogen (secondary N) is 1. The second kappa shape index (κ2) is 9.75. The van der Waals surface area contributed by atoms with Crippen LogP contribution >= 0.6 is 27.7 Å². The number of ether oxygens (including phenoxy) is 1. The quantitative estimate of drug-likeness (QED) is 0.439. The lowest BCUT2D eigenvalue weighted by atomic mass is 9.98. The number of carboxylic acids is 1. The Morgan fingerprint density at radius 2 is 1.69 bits per heavy atom. The van der Waals surface area contributed by atoms with Gasteiger partial charge in [0, 0.05) is 21.7 Å². The molecular weight excluding hydrogens is 532 g/mol. The predicted molar refractivity (Wildman–Crippen MR) is 138 cm³/mol. The molecule has 5 rings (SSSR count). The molecule has 1 atom stereocenters. The highest BCUT2D eigenvalue weighted by Gasteiger charge is 2.35. The lowest BCUT2D eigenvalue weighted by molar-refractivity contribution is -0.140. The van der Waals surface area contributed by atoms with Crippen molar-refractivity contribution in [1.82, 2.24) is 4.90 Å². The minimum Gasteiger partial charge on any atom is -0.480 e. The molecule has 1 aliphatic carbocycles. The van der Waals surface area contributed by atoms with Crippen molar-refractivity contribution in [2.75, 3.05) is 23.6 Å². The number of amides is 2. The number of carbonyl (C=O) groups is 3. The summed E-state index contributed by atoms with van der Waals surface area (Å²) in [5.41, 5.74) is 5.35. The van der Waals surface area contributed by atoms with Gasteiger partial charge in [-0.3, -0.25) is 10.1 Å². The third-order valence-electron chi connectivity index (χ3n) is 6.22. The maximum atomic E-state index is 12.8. The predicted octanol–water partition coefficient (Wildman–Crippen LogP) is 5.41. The van der Waals surface area contributed by atoms with Crippen molar-refractivity contribution < 1.29 is 24.2 Å². The molecule has 9 heteroatoms. The van der Waals surface area contributed by atoms with Gasteiger partial charge in [-0.15, -0.1) is 11.8 Å². The highest BCUT2D eigenvalue weighted by atomic mass is 79.9. The van der Waals surface area contributed by atoms with Crippen molar-refractivity contribution in [2.45, 2.75) is 12.0 Å². The molecule has 178 valence electrons. The number of nitrogens with zero attached hydrogens (tertiary/aromatic N) is 1. The molecular formula is C26H21BrN2O5S. The summed E-state index contributed by atoms with van der Waals surface area (Å²) in [6, 6.07) is 20.1. The molecule has 3 aromatic carbocycles. The molecule has 1 unspecified atom stereocenters. The van der Waals surface area contributed by atoms with E-state index in [9.17, 15) is 19.5 Å². The second-order valence-corrected chi connectivity index (χ2v) is 10.1. The summed E-state index contributed by atoms with van der Waals surface area (Å²) in [4.78, 5) is 38.2. The van der Waals surface area contributed by atoms with Crippen LogP contribution in [0.3, 0.4) is 0 Å². The third-order valence-corrected chi connectivity index (χ3v) is 7.89. The molecule has 0 saturated carbocycles. The van der Waals surface area contributed by atoms with Crippen LogP contribution in [0.4, 0.5) is 10.5 Å². The average molecular weight is 553 g/mol. The monoisotopic (exact) mass is 552 g/mol. The van der Waals surface area contributed by atoms with E-state index in [0.29, 0.717) is 27.4 Å². The Morgan fingerprint density at radius 1 is 1.03 bits per heavy atom. The maximum absolute atomic E-state index is 12.8. The van der Waals surface area contributed by atoms with E-state index in [2.05, 4.69) is 45.5 Å². The molecule has 0 spiro atoms. The number of hydrogen-bond donors (Lipinski definition) is 2. The standard InChI is InChI=1S/C26H21BrN2O5S/c27-21-11-15(24(30)29-14-35-13-23(29)25(31)32)9-10-22(21)28-26(33)34-12-20-18-7-3-1-5-16(18)17-6-2-4-8-19(17)20/h1-11,20,23H,12-14H2,(H,28,33)(H,31,32). The zero-order valence-corrected chi connectivity index (χ0v) is 20.8. The summed E-state index contributed by atoms with van der Waals surface area (Å²) in [5.74, 6) is -0.736. The molecule has 2 N–H and O–H groups in total. The fourth-order valence-corrected chi connectivity index (χ4v) is 6.13. The van der Waals surface area contributed by atoms with Crippen LogP contribution in [0.5, 0.6) is 0 Å². The summed E-state index contributed by atoms with van der Waals surface area (Å²) >= 11 is 4.80. The summed E-state index contributed by atoms with van der Waals surface area (Å²) in [6.45, 7) is 0.192. The van der Waals surface area contributed by atoms with Crippen molar-refractivity contribution in [3.8, 4) is 11.1 Å². The van der Waals surface area contributed by atoms with Gasteiger partial charge in [0.2, 0.25) is 0 Å². The van der Waals surface area contributed by atoms with Crippen LogP contribution < -0.4 is 5.32 Å². The van der Waals surface area contributed by atoms with Crippen LogP contribution in [0.1, 0.15) is 27.4 Å². The number of thioether (sulfide) groups is 1. The Bertz CT molecular complexity index is 1290. The highest BCUT2D eigenvalue weighted by Crippen LogP contribution is 2.44. The molecule has 3 aromatic rings. The first-order valence-electron chi connectivity index (χ1n) is 11.0. The number of aliphatic carboxylic acids is 1. The van der Waals surface area contributed by atoms with Crippen LogP contribution in [-0.4, -0.2) is 52.3 Å². The number of carboxylic acid groups (broad SMARTS) is 1. The number of halogens is 1. The van der Waals surface area contributed by atoms with Crippen molar-refractivity contribution in [1.29, 1.82) is 0 Å². The van der Waals surface area contributed by atoms with Gasteiger partial charge < -0.3 is 14.7 Å². The van der Waals surface area contributed by atoms with E-state index in [0.717, 1.165) is 22.3 Å². The minimum atomic E-state index is -1.02. The van der Waals surface area contributed by atoms with Crippen LogP contribution in [-0.2, 0) is 9.53 Å². The molecule has 0 bridgehead atoms. The summed E-state index contributed by atoms with van der Waals surface area (Å²) in [7, 11) is 0. The fraction of sp³-hybridized carbons (Fsp3) is 0.192. The molecule has 7 nitrogen and oxygen atoms in total. The Labute approximate surface area is 214 Å². The summed E-state index contributed by atoms with van der Waals surface area (Å²) in [5, 5.41) is 12.1. The number of carbonyl (C=O) groups excluding carboxylic acids is 2. The summed E-state index contributed by atoms with van der Waals surface area (Å²) in [6.07, 6.45) is -0.603. The van der Waals surface area contributed by atoms with Crippen LogP contribution in [0, 0.1) is 0 Å². The molecule has 1 fully saturated rings. The van der Waals surface area contributed by atoms with Gasteiger partial charge >= 0.3 is 12.1 Å². The van der Waals surface area contributed by atoms with Crippen molar-refractivity contribution >= 4 is 51.3 Å². The minimum absolute atomic E-state index is 0.0444. The molecule has 1 aliphatic heterocycles. The van der Waals surface area contributed by atoms with Gasteiger partial charge in [0.1, 0.15) is 12.6 Å². The Hall–Kier alpha value is -3.30. The van der Waals surface area contributed by atoms with E-state index < -0.39 is 18.1 Å². The molecule has 1 heterocycles. The van der Waals surface area contributed by atoms with Gasteiger partial charge in [0.25, 0.3) is 5.91 Å². The maximum Gasteiger partial charge on any atom is 0.411 e. The SMILES string of the molecule is O=C(Nc1ccc(C(=O)N2CSCC2C(=O)O)cc1Br)OCC1c2ccccc2-c2ccccc21. The zero-order chi connectivity index (χ0) is 24.5. The van der Waals surface area contributed by atoms with Gasteiger partial charge in [-0.25, -0.2) is 9.59 Å². The lowest BCUT2D eigenvalue weighted by Gasteiger charge is -2.21. The fourth-order valence-electron chi connectivity index (χ4n) is 4.51. The number of hydrogen-bond acceptors (Lipinski definition) is 5. The largest absolute Gasteiger partial charge is 0.480 e. The van der Waals surface area contributed by atoms with Gasteiger partial charge in [-0.1, -0.05) is 48.5 Å². The van der Waals surface area contributed by atoms with E-state index in [-0.39, 0.29) is 18.4 Å². The normalized spacial score (nSPS) is 16.5. The topological polar surface area (TPSA) is 95.9 Å². The first-order chi connectivity index (χ1) is 16.9. The highest BCUT2D eigenvalue weighted by molar-refractivity contribution is 9.10. The first kappa shape index (κ1) is 23.4. The average Bonchev–Trinajstić information content (AvgIpc) is 3.47. The van der Waals surface area contributed by atoms with E-state index in [1.807, 2.05) is 24.3 Å². The summed E-state index contributed by atoms with van der Waals surface area (Å²) < 4.78 is 6.08. The van der Waals surface area contributed by atoms with E-state index >= 15 is 0 Å². The van der Waals surface area contributed by atoms with Crippen LogP contribution in [0.2, 0.25) is 0 Å². The van der Waals surface area contributed by atoms with E-state index in [1.54, 1.807) is 18.2 Å². The molecule has 0 aromatic heterocycles. The van der Waals surface area contributed by atoms with Crippen molar-refractivity contribution in [3.05, 3.63) is 87.9 Å². The molecule has 0 radical (unpaired) electrons. The van der Waals surface area contributed by atoms with Crippen molar-refractivity contribution in [2.24, 2.45) is 0 Å². The molecule has 1 saturated heterocycles. The van der Waals surface area contributed by atoms with Gasteiger partial charge in [-0.05, 0) is 56.4 Å². The van der Waals surface area contributed by atoms with Gasteiger partial charge in [-0.2, -0.15) is 0 Å². The van der Waals surface area contributed by atoms with Crippen LogP contribution in [0.15, 0.2) is 71.2 Å². The second-order valence-electron chi connectivity index (χ2n) is 8.27. The smallest absolute Gasteiger partial charge is 0.411 e. The molecule has 2 aliphatic rings. The Kier molecular flexibility index (Phi) is 6.53. The molecule has 35 heavy (non-hydrogen) atoms. The lowest BCUT2D eigenvalue weighted by Crippen LogP contribution is -2.41. The number of rotatable bonds is 5. The number of anilines is 1. The van der Waals surface area contributed by atoms with E-state index in [1.165, 1.54) is 16.7 Å². The third kappa shape index (κ3) is 4.53. The van der Waals surface area contributed by atoms with Gasteiger partial charge in [0.05, 0.1) is 11.6 Å². The Morgan fingerprint density at radius 3 is 2.31 bits per heavy atom. The number of benzene rings is 3. The molecule has 2 amide bonds. The number of fused-ring (bicyclic) bond motifs is 3. The first-order valence-corrected chi connectivity index (χ1v) is 12.9.